The van der Waals surface area contributed by atoms with Crippen molar-refractivity contribution in [3.05, 3.63) is 46.7 Å². The monoisotopic (exact) mass is 293 g/mol. The van der Waals surface area contributed by atoms with Crippen LogP contribution in [-0.4, -0.2) is 27.4 Å². The zero-order chi connectivity index (χ0) is 14.4. The summed E-state index contributed by atoms with van der Waals surface area (Å²) in [5.74, 6) is -0.144. The van der Waals surface area contributed by atoms with Gasteiger partial charge < -0.3 is 11.1 Å². The summed E-state index contributed by atoms with van der Waals surface area (Å²) in [6.45, 7) is 1.03. The van der Waals surface area contributed by atoms with Crippen LogP contribution in [-0.2, 0) is 24.3 Å². The van der Waals surface area contributed by atoms with E-state index >= 15 is 0 Å². The van der Waals surface area contributed by atoms with Gasteiger partial charge in [0.15, 0.2) is 0 Å². The van der Waals surface area contributed by atoms with Crippen molar-refractivity contribution in [3.8, 4) is 0 Å². The fourth-order valence-electron chi connectivity index (χ4n) is 1.72. The SMILES string of the molecule is NCCc1cn(CC(=O)NCc2ccccc2Cl)nn1. The molecule has 1 aromatic carbocycles. The standard InChI is InChI=1S/C13H16ClN5O/c14-12-4-2-1-3-10(12)7-16-13(20)9-19-8-11(5-6-15)17-18-19/h1-4,8H,5-7,9,15H2,(H,16,20). The number of aromatic nitrogens is 3. The molecule has 0 aliphatic carbocycles. The summed E-state index contributed by atoms with van der Waals surface area (Å²) in [6.07, 6.45) is 2.38. The molecule has 2 rings (SSSR count). The molecule has 0 bridgehead atoms. The van der Waals surface area contributed by atoms with Crippen molar-refractivity contribution in [1.82, 2.24) is 20.3 Å². The third-order valence-electron chi connectivity index (χ3n) is 2.73. The number of rotatable bonds is 6. The van der Waals surface area contributed by atoms with Crippen LogP contribution in [0.15, 0.2) is 30.5 Å². The van der Waals surface area contributed by atoms with E-state index in [9.17, 15) is 4.79 Å². The Morgan fingerprint density at radius 2 is 2.20 bits per heavy atom. The Hall–Kier alpha value is -1.92. The first-order chi connectivity index (χ1) is 9.69. The largest absolute Gasteiger partial charge is 0.350 e. The third-order valence-corrected chi connectivity index (χ3v) is 3.09. The van der Waals surface area contributed by atoms with Crippen molar-refractivity contribution in [2.24, 2.45) is 5.73 Å². The molecule has 106 valence electrons. The number of hydrogen-bond acceptors (Lipinski definition) is 4. The summed E-state index contributed by atoms with van der Waals surface area (Å²) in [6, 6.07) is 7.39. The number of benzene rings is 1. The molecular formula is C13H16ClN5O. The predicted molar refractivity (Wildman–Crippen MR) is 76.1 cm³/mol. The summed E-state index contributed by atoms with van der Waals surface area (Å²) in [5.41, 5.74) is 7.09. The van der Waals surface area contributed by atoms with E-state index in [0.29, 0.717) is 24.5 Å². The van der Waals surface area contributed by atoms with Crippen LogP contribution in [0.2, 0.25) is 5.02 Å². The van der Waals surface area contributed by atoms with Gasteiger partial charge in [-0.2, -0.15) is 0 Å². The Kier molecular flexibility index (Phi) is 5.09. The van der Waals surface area contributed by atoms with E-state index in [1.807, 2.05) is 18.2 Å². The first-order valence-corrected chi connectivity index (χ1v) is 6.66. The lowest BCUT2D eigenvalue weighted by Crippen LogP contribution is -2.27. The number of carbonyl (C=O) groups is 1. The molecule has 0 fully saturated rings. The average molecular weight is 294 g/mol. The number of amides is 1. The van der Waals surface area contributed by atoms with Gasteiger partial charge in [0, 0.05) is 24.2 Å². The van der Waals surface area contributed by atoms with Gasteiger partial charge in [0.05, 0.1) is 5.69 Å². The smallest absolute Gasteiger partial charge is 0.242 e. The van der Waals surface area contributed by atoms with E-state index < -0.39 is 0 Å². The molecule has 3 N–H and O–H groups in total. The second-order valence-corrected chi connectivity index (χ2v) is 4.72. The lowest BCUT2D eigenvalue weighted by Gasteiger charge is -2.06. The highest BCUT2D eigenvalue weighted by Crippen LogP contribution is 2.14. The maximum absolute atomic E-state index is 11.8. The zero-order valence-electron chi connectivity index (χ0n) is 10.9. The second-order valence-electron chi connectivity index (χ2n) is 4.31. The molecule has 1 amide bonds. The van der Waals surface area contributed by atoms with E-state index in [0.717, 1.165) is 11.3 Å². The first-order valence-electron chi connectivity index (χ1n) is 6.28. The fourth-order valence-corrected chi connectivity index (χ4v) is 1.92. The highest BCUT2D eigenvalue weighted by Gasteiger charge is 2.06. The Balaban J connectivity index is 1.84. The molecule has 6 nitrogen and oxygen atoms in total. The van der Waals surface area contributed by atoms with Crippen LogP contribution in [0.4, 0.5) is 0 Å². The second kappa shape index (κ2) is 7.02. The number of nitrogens with two attached hydrogens (primary N) is 1. The molecule has 0 saturated heterocycles. The Bertz CT molecular complexity index is 584. The average Bonchev–Trinajstić information content (AvgIpc) is 2.85. The quantitative estimate of drug-likeness (QED) is 0.823. The molecule has 0 aliphatic heterocycles. The van der Waals surface area contributed by atoms with E-state index in [2.05, 4.69) is 15.6 Å². The van der Waals surface area contributed by atoms with Crippen molar-refractivity contribution in [1.29, 1.82) is 0 Å². The van der Waals surface area contributed by atoms with Crippen molar-refractivity contribution in [2.75, 3.05) is 6.54 Å². The van der Waals surface area contributed by atoms with E-state index in [1.165, 1.54) is 4.68 Å². The molecule has 0 atom stereocenters. The van der Waals surface area contributed by atoms with Gasteiger partial charge in [-0.15, -0.1) is 5.10 Å². The summed E-state index contributed by atoms with van der Waals surface area (Å²) in [5, 5.41) is 11.2. The molecule has 0 unspecified atom stereocenters. The molecule has 0 spiro atoms. The Labute approximate surface area is 121 Å². The van der Waals surface area contributed by atoms with Crippen LogP contribution in [0, 0.1) is 0 Å². The Morgan fingerprint density at radius 1 is 1.40 bits per heavy atom. The van der Waals surface area contributed by atoms with Gasteiger partial charge >= 0.3 is 0 Å². The summed E-state index contributed by atoms with van der Waals surface area (Å²) in [7, 11) is 0. The maximum atomic E-state index is 11.8. The van der Waals surface area contributed by atoms with Crippen LogP contribution < -0.4 is 11.1 Å². The first kappa shape index (κ1) is 14.5. The highest BCUT2D eigenvalue weighted by atomic mass is 35.5. The molecule has 1 aromatic heterocycles. The van der Waals surface area contributed by atoms with Crippen molar-refractivity contribution in [3.63, 3.8) is 0 Å². The highest BCUT2D eigenvalue weighted by molar-refractivity contribution is 6.31. The van der Waals surface area contributed by atoms with Gasteiger partial charge in [-0.3, -0.25) is 4.79 Å². The van der Waals surface area contributed by atoms with E-state index in [-0.39, 0.29) is 12.5 Å². The van der Waals surface area contributed by atoms with E-state index in [1.54, 1.807) is 12.3 Å². The fraction of sp³-hybridized carbons (Fsp3) is 0.308. The maximum Gasteiger partial charge on any atom is 0.242 e. The van der Waals surface area contributed by atoms with Gasteiger partial charge in [-0.25, -0.2) is 4.68 Å². The van der Waals surface area contributed by atoms with Crippen LogP contribution in [0.25, 0.3) is 0 Å². The molecular weight excluding hydrogens is 278 g/mol. The summed E-state index contributed by atoms with van der Waals surface area (Å²) >= 11 is 6.02. The van der Waals surface area contributed by atoms with Gasteiger partial charge in [0.1, 0.15) is 6.54 Å². The zero-order valence-corrected chi connectivity index (χ0v) is 11.7. The topological polar surface area (TPSA) is 85.8 Å². The van der Waals surface area contributed by atoms with Gasteiger partial charge in [-0.05, 0) is 18.2 Å². The summed E-state index contributed by atoms with van der Waals surface area (Å²) < 4.78 is 1.49. The van der Waals surface area contributed by atoms with Gasteiger partial charge in [0.25, 0.3) is 0 Å². The molecule has 0 saturated carbocycles. The molecule has 7 heteroatoms. The molecule has 2 aromatic rings. The van der Waals surface area contributed by atoms with Crippen LogP contribution >= 0.6 is 11.6 Å². The Morgan fingerprint density at radius 3 is 2.95 bits per heavy atom. The number of nitrogens with zero attached hydrogens (tertiary/aromatic N) is 3. The van der Waals surface area contributed by atoms with Crippen molar-refractivity contribution in [2.45, 2.75) is 19.5 Å². The minimum Gasteiger partial charge on any atom is -0.350 e. The lowest BCUT2D eigenvalue weighted by atomic mass is 10.2. The predicted octanol–water partition coefficient (Wildman–Crippen LogP) is 0.749. The normalized spacial score (nSPS) is 10.5. The van der Waals surface area contributed by atoms with Crippen molar-refractivity contribution >= 4 is 17.5 Å². The minimum atomic E-state index is -0.144. The van der Waals surface area contributed by atoms with Crippen LogP contribution in [0.5, 0.6) is 0 Å². The van der Waals surface area contributed by atoms with Crippen molar-refractivity contribution < 1.29 is 4.79 Å². The van der Waals surface area contributed by atoms with Crippen LogP contribution in [0.3, 0.4) is 0 Å². The number of halogens is 1. The summed E-state index contributed by atoms with van der Waals surface area (Å²) in [4.78, 5) is 11.8. The number of nitrogens with one attached hydrogen (secondary N) is 1. The lowest BCUT2D eigenvalue weighted by molar-refractivity contribution is -0.122. The molecule has 0 aliphatic rings. The number of carbonyl (C=O) groups excluding carboxylic acids is 1. The third kappa shape index (κ3) is 4.04. The van der Waals surface area contributed by atoms with Gasteiger partial charge in [-0.1, -0.05) is 35.0 Å². The molecule has 0 radical (unpaired) electrons. The van der Waals surface area contributed by atoms with Gasteiger partial charge in [0.2, 0.25) is 5.91 Å². The molecule has 1 heterocycles. The number of hydrogen-bond donors (Lipinski definition) is 2. The van der Waals surface area contributed by atoms with E-state index in [4.69, 9.17) is 17.3 Å². The minimum absolute atomic E-state index is 0.127. The van der Waals surface area contributed by atoms with Crippen LogP contribution in [0.1, 0.15) is 11.3 Å². The molecule has 20 heavy (non-hydrogen) atoms.